The standard InChI is InChI=1S/C9H16N2O/c1-6-7-4-2-3-5-8(7)12-9(10)11-6/h6-8H,2-5H2,1H3,(H2,10,11). The quantitative estimate of drug-likeness (QED) is 0.592. The van der Waals surface area contributed by atoms with E-state index in [9.17, 15) is 0 Å². The van der Waals surface area contributed by atoms with Gasteiger partial charge in [-0.05, 0) is 26.2 Å². The number of amidine groups is 1. The molecule has 68 valence electrons. The summed E-state index contributed by atoms with van der Waals surface area (Å²) in [5.41, 5.74) is 5.56. The van der Waals surface area contributed by atoms with Crippen molar-refractivity contribution in [2.75, 3.05) is 0 Å². The summed E-state index contributed by atoms with van der Waals surface area (Å²) in [5, 5.41) is 0. The number of ether oxygens (including phenoxy) is 1. The molecule has 12 heavy (non-hydrogen) atoms. The molecule has 2 rings (SSSR count). The van der Waals surface area contributed by atoms with Crippen LogP contribution in [-0.2, 0) is 4.74 Å². The molecule has 3 atom stereocenters. The molecular formula is C9H16N2O. The average molecular weight is 168 g/mol. The Morgan fingerprint density at radius 3 is 3.00 bits per heavy atom. The Kier molecular flexibility index (Phi) is 1.95. The van der Waals surface area contributed by atoms with Crippen LogP contribution in [0.4, 0.5) is 0 Å². The number of rotatable bonds is 0. The Labute approximate surface area is 73.0 Å². The normalized spacial score (nSPS) is 41.1. The SMILES string of the molecule is CC1N=C(N)OC2CCCCC12. The molecule has 0 aromatic heterocycles. The van der Waals surface area contributed by atoms with Gasteiger partial charge in [0.05, 0.1) is 6.04 Å². The summed E-state index contributed by atoms with van der Waals surface area (Å²) in [4.78, 5) is 4.24. The van der Waals surface area contributed by atoms with Gasteiger partial charge in [-0.15, -0.1) is 0 Å². The first kappa shape index (κ1) is 7.90. The van der Waals surface area contributed by atoms with Gasteiger partial charge in [-0.1, -0.05) is 6.42 Å². The van der Waals surface area contributed by atoms with E-state index in [2.05, 4.69) is 11.9 Å². The third-order valence-corrected chi connectivity index (χ3v) is 2.98. The smallest absolute Gasteiger partial charge is 0.282 e. The maximum Gasteiger partial charge on any atom is 0.282 e. The van der Waals surface area contributed by atoms with Crippen LogP contribution in [0.3, 0.4) is 0 Å². The van der Waals surface area contributed by atoms with E-state index < -0.39 is 0 Å². The van der Waals surface area contributed by atoms with Gasteiger partial charge in [0.25, 0.3) is 6.02 Å². The van der Waals surface area contributed by atoms with E-state index in [0.717, 1.165) is 6.42 Å². The number of nitrogens with zero attached hydrogens (tertiary/aromatic N) is 1. The second-order valence-electron chi connectivity index (χ2n) is 3.81. The molecule has 0 aromatic carbocycles. The van der Waals surface area contributed by atoms with Gasteiger partial charge in [0.15, 0.2) is 0 Å². The molecule has 3 heteroatoms. The Hall–Kier alpha value is -0.730. The van der Waals surface area contributed by atoms with Crippen molar-refractivity contribution in [2.45, 2.75) is 44.8 Å². The lowest BCUT2D eigenvalue weighted by Crippen LogP contribution is -2.42. The van der Waals surface area contributed by atoms with E-state index in [1.165, 1.54) is 19.3 Å². The van der Waals surface area contributed by atoms with E-state index in [1.54, 1.807) is 0 Å². The van der Waals surface area contributed by atoms with Crippen molar-refractivity contribution in [1.29, 1.82) is 0 Å². The van der Waals surface area contributed by atoms with Crippen LogP contribution in [0.2, 0.25) is 0 Å². The highest BCUT2D eigenvalue weighted by atomic mass is 16.5. The number of nitrogens with two attached hydrogens (primary N) is 1. The molecule has 2 aliphatic rings. The first-order chi connectivity index (χ1) is 5.77. The summed E-state index contributed by atoms with van der Waals surface area (Å²) >= 11 is 0. The third kappa shape index (κ3) is 1.28. The molecule has 0 saturated heterocycles. The Balaban J connectivity index is 2.12. The van der Waals surface area contributed by atoms with Crippen molar-refractivity contribution in [3.05, 3.63) is 0 Å². The molecule has 0 aromatic rings. The highest BCUT2D eigenvalue weighted by Crippen LogP contribution is 2.32. The topological polar surface area (TPSA) is 47.6 Å². The lowest BCUT2D eigenvalue weighted by Gasteiger charge is -2.37. The van der Waals surface area contributed by atoms with Crippen molar-refractivity contribution >= 4 is 6.02 Å². The van der Waals surface area contributed by atoms with Gasteiger partial charge in [-0.2, -0.15) is 0 Å². The zero-order valence-electron chi connectivity index (χ0n) is 7.49. The summed E-state index contributed by atoms with van der Waals surface area (Å²) in [6, 6.07) is 0.759. The van der Waals surface area contributed by atoms with Crippen LogP contribution in [0.5, 0.6) is 0 Å². The molecule has 0 bridgehead atoms. The highest BCUT2D eigenvalue weighted by Gasteiger charge is 2.34. The molecule has 0 amide bonds. The molecule has 1 heterocycles. The van der Waals surface area contributed by atoms with Crippen molar-refractivity contribution in [1.82, 2.24) is 0 Å². The summed E-state index contributed by atoms with van der Waals surface area (Å²) in [5.74, 6) is 0.617. The maximum absolute atomic E-state index is 5.56. The molecular weight excluding hydrogens is 152 g/mol. The van der Waals surface area contributed by atoms with Crippen molar-refractivity contribution in [3.8, 4) is 0 Å². The fourth-order valence-electron chi connectivity index (χ4n) is 2.31. The van der Waals surface area contributed by atoms with E-state index in [4.69, 9.17) is 10.5 Å². The van der Waals surface area contributed by atoms with Crippen molar-refractivity contribution < 1.29 is 4.74 Å². The van der Waals surface area contributed by atoms with Crippen LogP contribution in [0.15, 0.2) is 4.99 Å². The lowest BCUT2D eigenvalue weighted by molar-refractivity contribution is 0.0514. The van der Waals surface area contributed by atoms with Crippen LogP contribution in [0.1, 0.15) is 32.6 Å². The predicted molar refractivity (Wildman–Crippen MR) is 47.9 cm³/mol. The molecule has 3 unspecified atom stereocenters. The van der Waals surface area contributed by atoms with Crippen molar-refractivity contribution in [3.63, 3.8) is 0 Å². The molecule has 1 saturated carbocycles. The maximum atomic E-state index is 5.56. The van der Waals surface area contributed by atoms with E-state index in [-0.39, 0.29) is 0 Å². The van der Waals surface area contributed by atoms with Gasteiger partial charge >= 0.3 is 0 Å². The lowest BCUT2D eigenvalue weighted by atomic mass is 9.81. The number of fused-ring (bicyclic) bond motifs is 1. The minimum Gasteiger partial charge on any atom is -0.462 e. The molecule has 3 nitrogen and oxygen atoms in total. The predicted octanol–water partition coefficient (Wildman–Crippen LogP) is 1.28. The third-order valence-electron chi connectivity index (χ3n) is 2.98. The largest absolute Gasteiger partial charge is 0.462 e. The van der Waals surface area contributed by atoms with Gasteiger partial charge in [-0.3, -0.25) is 0 Å². The van der Waals surface area contributed by atoms with Crippen LogP contribution in [0, 0.1) is 5.92 Å². The van der Waals surface area contributed by atoms with Gasteiger partial charge in [0, 0.05) is 5.92 Å². The summed E-state index contributed by atoms with van der Waals surface area (Å²) in [6.45, 7) is 2.14. The first-order valence-electron chi connectivity index (χ1n) is 4.77. The zero-order chi connectivity index (χ0) is 8.55. The van der Waals surface area contributed by atoms with Crippen LogP contribution >= 0.6 is 0 Å². The minimum absolute atomic E-state index is 0.353. The van der Waals surface area contributed by atoms with Gasteiger partial charge < -0.3 is 10.5 Å². The molecule has 0 spiro atoms. The van der Waals surface area contributed by atoms with Crippen LogP contribution < -0.4 is 5.73 Å². The minimum atomic E-state index is 0.353. The number of hydrogen-bond donors (Lipinski definition) is 1. The summed E-state index contributed by atoms with van der Waals surface area (Å²) in [7, 11) is 0. The fourth-order valence-corrected chi connectivity index (χ4v) is 2.31. The Morgan fingerprint density at radius 2 is 2.17 bits per heavy atom. The Morgan fingerprint density at radius 1 is 1.42 bits per heavy atom. The summed E-state index contributed by atoms with van der Waals surface area (Å²) < 4.78 is 5.49. The molecule has 2 N–H and O–H groups in total. The highest BCUT2D eigenvalue weighted by molar-refractivity contribution is 5.72. The van der Waals surface area contributed by atoms with E-state index in [0.29, 0.717) is 24.1 Å². The van der Waals surface area contributed by atoms with Crippen molar-refractivity contribution in [2.24, 2.45) is 16.6 Å². The number of aliphatic imine (C=N–C) groups is 1. The molecule has 1 aliphatic carbocycles. The second kappa shape index (κ2) is 2.96. The number of hydrogen-bond acceptors (Lipinski definition) is 3. The van der Waals surface area contributed by atoms with Gasteiger partial charge in [0.2, 0.25) is 0 Å². The Bertz CT molecular complexity index is 203. The van der Waals surface area contributed by atoms with E-state index >= 15 is 0 Å². The molecule has 0 radical (unpaired) electrons. The average Bonchev–Trinajstić information content (AvgIpc) is 2.04. The van der Waals surface area contributed by atoms with Crippen LogP contribution in [0.25, 0.3) is 0 Å². The fraction of sp³-hybridized carbons (Fsp3) is 0.889. The first-order valence-corrected chi connectivity index (χ1v) is 4.77. The van der Waals surface area contributed by atoms with Gasteiger partial charge in [-0.25, -0.2) is 4.99 Å². The molecule has 1 fully saturated rings. The molecule has 1 aliphatic heterocycles. The van der Waals surface area contributed by atoms with E-state index in [1.807, 2.05) is 0 Å². The zero-order valence-corrected chi connectivity index (χ0v) is 7.49. The second-order valence-corrected chi connectivity index (χ2v) is 3.81. The monoisotopic (exact) mass is 168 g/mol. The summed E-state index contributed by atoms with van der Waals surface area (Å²) in [6.07, 6.45) is 5.37. The van der Waals surface area contributed by atoms with Gasteiger partial charge in [0.1, 0.15) is 6.10 Å². The van der Waals surface area contributed by atoms with Crippen LogP contribution in [-0.4, -0.2) is 18.2 Å².